The molecule has 0 aliphatic carbocycles. The van der Waals surface area contributed by atoms with Crippen LogP contribution in [0.1, 0.15) is 35.6 Å². The fourth-order valence-electron chi connectivity index (χ4n) is 4.74. The van der Waals surface area contributed by atoms with E-state index in [1.165, 1.54) is 17.3 Å². The van der Waals surface area contributed by atoms with Crippen molar-refractivity contribution in [2.45, 2.75) is 37.8 Å². The lowest BCUT2D eigenvalue weighted by Gasteiger charge is -2.34. The Bertz CT molecular complexity index is 1250. The van der Waals surface area contributed by atoms with Crippen molar-refractivity contribution < 1.29 is 51.8 Å². The number of likely N-dealkylation sites (tertiary alicyclic amines) is 1. The maximum Gasteiger partial charge on any atom is 0.430 e. The molecule has 0 unspecified atom stereocenters. The molecular weight excluding hydrogens is 619 g/mol. The number of carbonyl (C=O) groups excluding carboxylic acids is 1. The molecule has 10 nitrogen and oxygen atoms in total. The van der Waals surface area contributed by atoms with Crippen LogP contribution in [-0.4, -0.2) is 93.8 Å². The standard InChI is InChI=1S/C32H41N3O5.C2HF3O2/c36-33-27-28-11-15-34(16-12-28)19-21-37-23-25-39-26-24-38-22-20-35-17-13-31(14-18-35)40-32(29-7-3-1-4-8-29)30-9-5-2-6-10-30;3-2(4,5)1(6)7/h1-12,15-16,27,31-32H,13-14,17-26H2;(H,6,7). The summed E-state index contributed by atoms with van der Waals surface area (Å²) in [5.74, 6) is -3.01. The number of carbonyl (C=O) groups is 1. The summed E-state index contributed by atoms with van der Waals surface area (Å²) < 4.78 is 57.3. The van der Waals surface area contributed by atoms with Crippen LogP contribution in [0.25, 0.3) is 0 Å². The van der Waals surface area contributed by atoms with Crippen molar-refractivity contribution in [2.24, 2.45) is 5.16 Å². The summed E-state index contributed by atoms with van der Waals surface area (Å²) in [5.41, 5.74) is 3.25. The number of ether oxygens (including phenoxy) is 4. The van der Waals surface area contributed by atoms with Crippen LogP contribution < -0.4 is 9.67 Å². The van der Waals surface area contributed by atoms with Gasteiger partial charge >= 0.3 is 6.18 Å². The molecule has 0 saturated carbocycles. The zero-order chi connectivity index (χ0) is 33.7. The maximum atomic E-state index is 10.5. The number of hydrogen-bond donors (Lipinski definition) is 1. The number of pyridine rings is 1. The minimum absolute atomic E-state index is 0.0300. The van der Waals surface area contributed by atoms with Gasteiger partial charge in [0, 0.05) is 37.3 Å². The second-order valence-electron chi connectivity index (χ2n) is 10.6. The molecule has 47 heavy (non-hydrogen) atoms. The SMILES string of the molecule is O/N=C/c1cc[n+](CCOCCOCCOCCN2CCC(OC(c3ccccc3)c3ccccc3)CC2)cc1.O=C([O-])C(F)(F)F. The third-order valence-corrected chi connectivity index (χ3v) is 7.21. The lowest BCUT2D eigenvalue weighted by Crippen LogP contribution is -2.39. The van der Waals surface area contributed by atoms with Gasteiger partial charge in [0.15, 0.2) is 18.9 Å². The van der Waals surface area contributed by atoms with Crippen molar-refractivity contribution in [2.75, 3.05) is 59.3 Å². The Balaban J connectivity index is 0.000000771. The van der Waals surface area contributed by atoms with Crippen LogP contribution in [0.15, 0.2) is 90.3 Å². The van der Waals surface area contributed by atoms with E-state index in [2.05, 4.69) is 58.6 Å². The number of halogens is 3. The number of carboxylic acid groups (broad SMARTS) is 1. The van der Waals surface area contributed by atoms with Crippen molar-refractivity contribution in [1.29, 1.82) is 0 Å². The van der Waals surface area contributed by atoms with E-state index in [-0.39, 0.29) is 12.2 Å². The Morgan fingerprint density at radius 3 is 1.85 bits per heavy atom. The number of aliphatic carboxylic acids is 1. The number of benzene rings is 2. The highest BCUT2D eigenvalue weighted by molar-refractivity contribution is 5.78. The summed E-state index contributed by atoms with van der Waals surface area (Å²) in [7, 11) is 0. The van der Waals surface area contributed by atoms with E-state index in [4.69, 9.17) is 34.1 Å². The monoisotopic (exact) mass is 661 g/mol. The van der Waals surface area contributed by atoms with Gasteiger partial charge in [0.1, 0.15) is 18.7 Å². The first kappa shape index (κ1) is 37.6. The fraction of sp³-hybridized carbons (Fsp3) is 0.441. The number of alkyl halides is 3. The van der Waals surface area contributed by atoms with Crippen molar-refractivity contribution in [3.63, 3.8) is 0 Å². The van der Waals surface area contributed by atoms with E-state index in [0.29, 0.717) is 39.6 Å². The predicted octanol–water partition coefficient (Wildman–Crippen LogP) is 3.40. The quantitative estimate of drug-likeness (QED) is 0.0770. The van der Waals surface area contributed by atoms with Crippen LogP contribution in [0, 0.1) is 0 Å². The van der Waals surface area contributed by atoms with Gasteiger partial charge in [-0.1, -0.05) is 65.8 Å². The van der Waals surface area contributed by atoms with E-state index in [1.54, 1.807) is 0 Å². The Morgan fingerprint density at radius 2 is 1.36 bits per heavy atom. The van der Waals surface area contributed by atoms with Crippen LogP contribution in [-0.2, 0) is 30.3 Å². The van der Waals surface area contributed by atoms with Gasteiger partial charge in [0.05, 0.1) is 45.4 Å². The average Bonchev–Trinajstić information content (AvgIpc) is 3.08. The van der Waals surface area contributed by atoms with Gasteiger partial charge in [-0.3, -0.25) is 0 Å². The highest BCUT2D eigenvalue weighted by atomic mass is 19.4. The first-order valence-electron chi connectivity index (χ1n) is 15.4. The molecule has 0 amide bonds. The van der Waals surface area contributed by atoms with Gasteiger partial charge in [-0.15, -0.1) is 0 Å². The molecule has 0 atom stereocenters. The lowest BCUT2D eigenvalue weighted by atomic mass is 10.00. The largest absolute Gasteiger partial charge is 0.542 e. The molecule has 2 aromatic carbocycles. The Hall–Kier alpha value is -3.88. The second-order valence-corrected chi connectivity index (χ2v) is 10.6. The van der Waals surface area contributed by atoms with Crippen LogP contribution >= 0.6 is 0 Å². The Morgan fingerprint density at radius 1 is 0.872 bits per heavy atom. The van der Waals surface area contributed by atoms with Gasteiger partial charge in [-0.25, -0.2) is 4.57 Å². The van der Waals surface area contributed by atoms with Crippen molar-refractivity contribution in [1.82, 2.24) is 4.90 Å². The molecule has 1 aliphatic heterocycles. The summed E-state index contributed by atoms with van der Waals surface area (Å²) >= 11 is 0. The molecule has 1 aromatic heterocycles. The number of nitrogens with zero attached hydrogens (tertiary/aromatic N) is 3. The number of hydrogen-bond acceptors (Lipinski definition) is 9. The molecule has 1 N–H and O–H groups in total. The van der Waals surface area contributed by atoms with Crippen LogP contribution in [0.3, 0.4) is 0 Å². The van der Waals surface area contributed by atoms with Gasteiger partial charge in [-0.2, -0.15) is 13.2 Å². The van der Waals surface area contributed by atoms with E-state index < -0.39 is 12.1 Å². The number of aromatic nitrogens is 1. The molecule has 13 heteroatoms. The Labute approximate surface area is 272 Å². The zero-order valence-corrected chi connectivity index (χ0v) is 26.2. The third-order valence-electron chi connectivity index (χ3n) is 7.21. The zero-order valence-electron chi connectivity index (χ0n) is 26.2. The summed E-state index contributed by atoms with van der Waals surface area (Å²) in [6.45, 7) is 7.33. The lowest BCUT2D eigenvalue weighted by molar-refractivity contribution is -0.698. The van der Waals surface area contributed by atoms with Gasteiger partial charge < -0.3 is 39.0 Å². The normalized spacial score (nSPS) is 14.3. The number of oxime groups is 1. The molecule has 4 rings (SSSR count). The topological polar surface area (TPSA) is 117 Å². The second kappa shape index (κ2) is 21.1. The Kier molecular flexibility index (Phi) is 16.9. The summed E-state index contributed by atoms with van der Waals surface area (Å²) in [6.07, 6.45) is 2.34. The summed E-state index contributed by atoms with van der Waals surface area (Å²) in [5, 5.41) is 20.4. The molecule has 0 radical (unpaired) electrons. The molecule has 256 valence electrons. The minimum Gasteiger partial charge on any atom is -0.542 e. The van der Waals surface area contributed by atoms with E-state index in [1.807, 2.05) is 41.2 Å². The molecule has 1 fully saturated rings. The third kappa shape index (κ3) is 15.0. The van der Waals surface area contributed by atoms with Gasteiger partial charge in [-0.05, 0) is 24.0 Å². The molecule has 3 aromatic rings. The van der Waals surface area contributed by atoms with Crippen molar-refractivity contribution in [3.8, 4) is 0 Å². The van der Waals surface area contributed by atoms with E-state index in [0.717, 1.165) is 44.6 Å². The molecule has 1 saturated heterocycles. The van der Waals surface area contributed by atoms with E-state index >= 15 is 0 Å². The fourth-order valence-corrected chi connectivity index (χ4v) is 4.74. The highest BCUT2D eigenvalue weighted by Crippen LogP contribution is 2.29. The average molecular weight is 662 g/mol. The summed E-state index contributed by atoms with van der Waals surface area (Å²) in [6, 6.07) is 24.8. The number of rotatable bonds is 17. The molecule has 0 spiro atoms. The number of carboxylic acids is 1. The van der Waals surface area contributed by atoms with E-state index in [9.17, 15) is 13.2 Å². The molecule has 0 bridgehead atoms. The predicted molar refractivity (Wildman–Crippen MR) is 165 cm³/mol. The molecule has 1 aliphatic rings. The maximum absolute atomic E-state index is 10.5. The van der Waals surface area contributed by atoms with Gasteiger partial charge in [0.25, 0.3) is 0 Å². The van der Waals surface area contributed by atoms with Crippen LogP contribution in [0.4, 0.5) is 13.2 Å². The molecular formula is C34H42F3N3O7. The van der Waals surface area contributed by atoms with Crippen LogP contribution in [0.5, 0.6) is 0 Å². The van der Waals surface area contributed by atoms with Crippen molar-refractivity contribution >= 4 is 12.2 Å². The smallest absolute Gasteiger partial charge is 0.430 e. The van der Waals surface area contributed by atoms with Crippen LogP contribution in [0.2, 0.25) is 0 Å². The van der Waals surface area contributed by atoms with Crippen molar-refractivity contribution in [3.05, 3.63) is 102 Å². The molecule has 2 heterocycles. The minimum atomic E-state index is -5.19. The summed E-state index contributed by atoms with van der Waals surface area (Å²) in [4.78, 5) is 11.2. The number of piperidine rings is 1. The van der Waals surface area contributed by atoms with Gasteiger partial charge in [0.2, 0.25) is 0 Å². The first-order chi connectivity index (χ1) is 22.8. The highest BCUT2D eigenvalue weighted by Gasteiger charge is 2.29. The first-order valence-corrected chi connectivity index (χ1v) is 15.4.